The molecule has 1 aromatic carbocycles. The van der Waals surface area contributed by atoms with Crippen molar-refractivity contribution in [3.63, 3.8) is 0 Å². The van der Waals surface area contributed by atoms with E-state index in [2.05, 4.69) is 20.6 Å². The van der Waals surface area contributed by atoms with Gasteiger partial charge >= 0.3 is 0 Å². The third-order valence-electron chi connectivity index (χ3n) is 5.10. The van der Waals surface area contributed by atoms with Crippen molar-refractivity contribution in [2.75, 3.05) is 19.0 Å². The zero-order valence-corrected chi connectivity index (χ0v) is 20.0. The van der Waals surface area contributed by atoms with Gasteiger partial charge in [-0.15, -0.1) is 11.3 Å². The number of pyridine rings is 1. The van der Waals surface area contributed by atoms with Crippen LogP contribution in [0.4, 0.5) is 10.8 Å². The molecule has 0 aliphatic rings. The van der Waals surface area contributed by atoms with Gasteiger partial charge in [-0.3, -0.25) is 14.6 Å². The summed E-state index contributed by atoms with van der Waals surface area (Å²) >= 11 is 1.33. The summed E-state index contributed by atoms with van der Waals surface area (Å²) in [4.78, 5) is 35.7. The third kappa shape index (κ3) is 6.90. The molecule has 0 spiro atoms. The Morgan fingerprint density at radius 1 is 1.14 bits per heavy atom. The van der Waals surface area contributed by atoms with Gasteiger partial charge in [0, 0.05) is 43.0 Å². The molecule has 4 aromatic rings. The number of aromatic nitrogens is 2. The van der Waals surface area contributed by atoms with Crippen molar-refractivity contribution in [2.24, 2.45) is 0 Å². The molecule has 3 aromatic heterocycles. The topological polar surface area (TPSA) is 110 Å². The Bertz CT molecular complexity index is 1230. The number of hydrogen-bond acceptors (Lipinski definition) is 8. The maximum Gasteiger partial charge on any atom is 0.273 e. The molecular formula is C25H25N5O4S. The largest absolute Gasteiger partial charge is 0.497 e. The quantitative estimate of drug-likeness (QED) is 0.323. The second-order valence-corrected chi connectivity index (χ2v) is 8.44. The molecule has 2 amide bonds. The summed E-state index contributed by atoms with van der Waals surface area (Å²) in [6.07, 6.45) is 5.08. The maximum atomic E-state index is 13.3. The van der Waals surface area contributed by atoms with Crippen LogP contribution in [0.5, 0.6) is 5.75 Å². The fourth-order valence-corrected chi connectivity index (χ4v) is 3.97. The Balaban J connectivity index is 1.38. The normalized spacial score (nSPS) is 10.5. The van der Waals surface area contributed by atoms with Crippen LogP contribution in [-0.4, -0.2) is 40.3 Å². The highest BCUT2D eigenvalue weighted by molar-refractivity contribution is 7.14. The van der Waals surface area contributed by atoms with E-state index in [1.165, 1.54) is 11.3 Å². The number of methoxy groups -OCH3 is 1. The van der Waals surface area contributed by atoms with Crippen LogP contribution in [0.15, 0.2) is 77.0 Å². The standard InChI is InChI=1S/C25H25N5O4S/c1-33-20-8-6-19(7-9-20)28-25-29-22(17-35-25)24(32)30(16-21-5-3-13-34-21)12-10-23(31)27-15-18-4-2-11-26-14-18/h2-9,11,13-14,17H,10,12,15-16H2,1H3,(H,27,31)(H,28,29). The van der Waals surface area contributed by atoms with E-state index in [0.29, 0.717) is 23.1 Å². The van der Waals surface area contributed by atoms with E-state index in [-0.39, 0.29) is 31.3 Å². The zero-order chi connectivity index (χ0) is 24.5. The summed E-state index contributed by atoms with van der Waals surface area (Å²) in [7, 11) is 1.61. The van der Waals surface area contributed by atoms with E-state index < -0.39 is 0 Å². The Morgan fingerprint density at radius 3 is 2.71 bits per heavy atom. The van der Waals surface area contributed by atoms with Gasteiger partial charge in [0.25, 0.3) is 5.91 Å². The molecule has 0 saturated heterocycles. The Labute approximate surface area is 206 Å². The molecule has 2 N–H and O–H groups in total. The molecular weight excluding hydrogens is 466 g/mol. The number of nitrogens with one attached hydrogen (secondary N) is 2. The number of carbonyl (C=O) groups excluding carboxylic acids is 2. The van der Waals surface area contributed by atoms with Crippen LogP contribution >= 0.6 is 11.3 Å². The zero-order valence-electron chi connectivity index (χ0n) is 19.1. The number of rotatable bonds is 11. The molecule has 0 radical (unpaired) electrons. The van der Waals surface area contributed by atoms with E-state index in [1.54, 1.807) is 48.2 Å². The van der Waals surface area contributed by atoms with Crippen molar-refractivity contribution in [2.45, 2.75) is 19.5 Å². The van der Waals surface area contributed by atoms with E-state index in [1.807, 2.05) is 36.4 Å². The van der Waals surface area contributed by atoms with Gasteiger partial charge in [-0.25, -0.2) is 4.98 Å². The third-order valence-corrected chi connectivity index (χ3v) is 5.86. The molecule has 0 fully saturated rings. The van der Waals surface area contributed by atoms with Crippen molar-refractivity contribution in [3.05, 3.63) is 89.6 Å². The fraction of sp³-hybridized carbons (Fsp3) is 0.200. The average Bonchev–Trinajstić information content (AvgIpc) is 3.58. The SMILES string of the molecule is COc1ccc(Nc2nc(C(=O)N(CCC(=O)NCc3cccnc3)Cc3ccco3)cs2)cc1. The molecule has 35 heavy (non-hydrogen) atoms. The van der Waals surface area contributed by atoms with E-state index in [4.69, 9.17) is 9.15 Å². The number of amides is 2. The Kier molecular flexibility index (Phi) is 8.08. The van der Waals surface area contributed by atoms with E-state index in [0.717, 1.165) is 17.0 Å². The number of nitrogens with zero attached hydrogens (tertiary/aromatic N) is 3. The summed E-state index contributed by atoms with van der Waals surface area (Å²) in [5, 5.41) is 8.34. The van der Waals surface area contributed by atoms with Crippen LogP contribution in [0.1, 0.15) is 28.2 Å². The van der Waals surface area contributed by atoms with Gasteiger partial charge in [0.2, 0.25) is 5.91 Å². The highest BCUT2D eigenvalue weighted by Crippen LogP contribution is 2.24. The molecule has 9 nitrogen and oxygen atoms in total. The van der Waals surface area contributed by atoms with Gasteiger partial charge in [-0.2, -0.15) is 0 Å². The van der Waals surface area contributed by atoms with Crippen LogP contribution in [-0.2, 0) is 17.9 Å². The molecule has 180 valence electrons. The molecule has 4 rings (SSSR count). The molecule has 0 atom stereocenters. The molecule has 10 heteroatoms. The number of ether oxygens (including phenoxy) is 1. The minimum Gasteiger partial charge on any atom is -0.497 e. The minimum absolute atomic E-state index is 0.147. The first-order valence-corrected chi connectivity index (χ1v) is 11.8. The summed E-state index contributed by atoms with van der Waals surface area (Å²) in [5.74, 6) is 0.941. The van der Waals surface area contributed by atoms with Crippen molar-refractivity contribution < 1.29 is 18.7 Å². The summed E-state index contributed by atoms with van der Waals surface area (Å²) in [6, 6.07) is 14.7. The van der Waals surface area contributed by atoms with Gasteiger partial charge in [0.1, 0.15) is 17.2 Å². The maximum absolute atomic E-state index is 13.3. The number of benzene rings is 1. The number of furan rings is 1. The van der Waals surface area contributed by atoms with Crippen molar-refractivity contribution in [3.8, 4) is 5.75 Å². The summed E-state index contributed by atoms with van der Waals surface area (Å²) in [5.41, 5.74) is 2.04. The molecule has 0 unspecified atom stereocenters. The molecule has 0 bridgehead atoms. The number of thiazole rings is 1. The minimum atomic E-state index is -0.277. The van der Waals surface area contributed by atoms with Crippen LogP contribution in [0, 0.1) is 0 Å². The molecule has 3 heterocycles. The second kappa shape index (κ2) is 11.8. The second-order valence-electron chi connectivity index (χ2n) is 7.59. The monoisotopic (exact) mass is 491 g/mol. The van der Waals surface area contributed by atoms with Crippen molar-refractivity contribution in [1.82, 2.24) is 20.2 Å². The van der Waals surface area contributed by atoms with E-state index >= 15 is 0 Å². The Morgan fingerprint density at radius 2 is 2.00 bits per heavy atom. The first-order chi connectivity index (χ1) is 17.1. The first-order valence-electron chi connectivity index (χ1n) is 10.9. The smallest absolute Gasteiger partial charge is 0.273 e. The summed E-state index contributed by atoms with van der Waals surface area (Å²) < 4.78 is 10.6. The van der Waals surface area contributed by atoms with E-state index in [9.17, 15) is 9.59 Å². The number of carbonyl (C=O) groups is 2. The van der Waals surface area contributed by atoms with Crippen molar-refractivity contribution >= 4 is 34.0 Å². The lowest BCUT2D eigenvalue weighted by Gasteiger charge is -2.20. The molecule has 0 saturated carbocycles. The van der Waals surface area contributed by atoms with Crippen LogP contribution in [0.25, 0.3) is 0 Å². The molecule has 0 aliphatic carbocycles. The highest BCUT2D eigenvalue weighted by atomic mass is 32.1. The van der Waals surface area contributed by atoms with Gasteiger partial charge < -0.3 is 24.7 Å². The van der Waals surface area contributed by atoms with Crippen molar-refractivity contribution in [1.29, 1.82) is 0 Å². The van der Waals surface area contributed by atoms with Gasteiger partial charge in [-0.05, 0) is 48.0 Å². The van der Waals surface area contributed by atoms with Gasteiger partial charge in [0.15, 0.2) is 5.13 Å². The predicted octanol–water partition coefficient (Wildman–Crippen LogP) is 4.23. The first kappa shape index (κ1) is 24.0. The summed E-state index contributed by atoms with van der Waals surface area (Å²) in [6.45, 7) is 0.836. The highest BCUT2D eigenvalue weighted by Gasteiger charge is 2.21. The fourth-order valence-electron chi connectivity index (χ4n) is 3.26. The average molecular weight is 492 g/mol. The van der Waals surface area contributed by atoms with Crippen LogP contribution < -0.4 is 15.4 Å². The molecule has 0 aliphatic heterocycles. The van der Waals surface area contributed by atoms with Gasteiger partial charge in [0.05, 0.1) is 19.9 Å². The van der Waals surface area contributed by atoms with Gasteiger partial charge in [-0.1, -0.05) is 6.07 Å². The Hall–Kier alpha value is -4.18. The lowest BCUT2D eigenvalue weighted by Crippen LogP contribution is -2.35. The number of hydrogen-bond donors (Lipinski definition) is 2. The number of anilines is 2. The lowest BCUT2D eigenvalue weighted by molar-refractivity contribution is -0.121. The van der Waals surface area contributed by atoms with Crippen LogP contribution in [0.3, 0.4) is 0 Å². The van der Waals surface area contributed by atoms with Crippen LogP contribution in [0.2, 0.25) is 0 Å². The lowest BCUT2D eigenvalue weighted by atomic mass is 10.2. The predicted molar refractivity (Wildman–Crippen MR) is 133 cm³/mol.